The van der Waals surface area contributed by atoms with Crippen LogP contribution in [-0.4, -0.2) is 23.9 Å². The number of hydrogen-bond donors (Lipinski definition) is 3. The standard InChI is InChI=1S/C20H25N3O3S/c1-11-8-16(22-19(24)15-6-3-7-26-15)27-18(11)20(25)23-17-12-4-2-5-13(17)10-14(21)9-12/h3,6-8,12-14,17H,2,4-5,9-10,21H2,1H3,(H,22,24)(H,23,25). The van der Waals surface area contributed by atoms with E-state index in [1.165, 1.54) is 24.0 Å². The molecule has 0 saturated heterocycles. The highest BCUT2D eigenvalue weighted by Crippen LogP contribution is 2.40. The van der Waals surface area contributed by atoms with E-state index in [2.05, 4.69) is 10.6 Å². The van der Waals surface area contributed by atoms with E-state index in [4.69, 9.17) is 10.2 Å². The zero-order valence-electron chi connectivity index (χ0n) is 15.4. The van der Waals surface area contributed by atoms with Gasteiger partial charge in [-0.25, -0.2) is 0 Å². The van der Waals surface area contributed by atoms with Gasteiger partial charge in [0.15, 0.2) is 5.76 Å². The second kappa shape index (κ2) is 7.48. The first-order chi connectivity index (χ1) is 13.0. The molecule has 2 unspecified atom stereocenters. The van der Waals surface area contributed by atoms with Crippen molar-refractivity contribution < 1.29 is 14.0 Å². The molecule has 2 bridgehead atoms. The Hall–Kier alpha value is -2.12. The van der Waals surface area contributed by atoms with Crippen molar-refractivity contribution in [2.45, 2.75) is 51.1 Å². The topological polar surface area (TPSA) is 97.4 Å². The van der Waals surface area contributed by atoms with Crippen LogP contribution in [0.4, 0.5) is 5.00 Å². The van der Waals surface area contributed by atoms with Gasteiger partial charge in [0.05, 0.1) is 16.1 Å². The molecule has 27 heavy (non-hydrogen) atoms. The predicted molar refractivity (Wildman–Crippen MR) is 105 cm³/mol. The molecule has 7 heteroatoms. The Morgan fingerprint density at radius 1 is 1.22 bits per heavy atom. The van der Waals surface area contributed by atoms with Crippen molar-refractivity contribution in [1.82, 2.24) is 5.32 Å². The molecule has 0 aliphatic heterocycles. The minimum atomic E-state index is -0.316. The fourth-order valence-corrected chi connectivity index (χ4v) is 5.56. The van der Waals surface area contributed by atoms with Crippen molar-refractivity contribution in [2.24, 2.45) is 17.6 Å². The van der Waals surface area contributed by atoms with Gasteiger partial charge in [0.1, 0.15) is 0 Å². The van der Waals surface area contributed by atoms with E-state index in [0.29, 0.717) is 21.7 Å². The zero-order valence-corrected chi connectivity index (χ0v) is 16.2. The van der Waals surface area contributed by atoms with E-state index in [-0.39, 0.29) is 29.7 Å². The first-order valence-corrected chi connectivity index (χ1v) is 10.3. The number of carbonyl (C=O) groups is 2. The Balaban J connectivity index is 1.45. The van der Waals surface area contributed by atoms with Gasteiger partial charge in [0.2, 0.25) is 0 Å². The molecule has 4 N–H and O–H groups in total. The second-order valence-corrected chi connectivity index (χ2v) is 8.79. The van der Waals surface area contributed by atoms with Crippen molar-refractivity contribution in [3.8, 4) is 0 Å². The number of furan rings is 1. The van der Waals surface area contributed by atoms with Gasteiger partial charge < -0.3 is 20.8 Å². The van der Waals surface area contributed by atoms with Gasteiger partial charge in [0, 0.05) is 12.1 Å². The quantitative estimate of drug-likeness (QED) is 0.747. The molecule has 2 aromatic heterocycles. The summed E-state index contributed by atoms with van der Waals surface area (Å²) >= 11 is 1.30. The average molecular weight is 388 g/mol. The van der Waals surface area contributed by atoms with Crippen LogP contribution in [0.25, 0.3) is 0 Å². The molecule has 4 rings (SSSR count). The third-order valence-electron chi connectivity index (χ3n) is 5.78. The van der Waals surface area contributed by atoms with Crippen LogP contribution in [0.15, 0.2) is 28.9 Å². The molecule has 2 heterocycles. The van der Waals surface area contributed by atoms with E-state index < -0.39 is 0 Å². The Bertz CT molecular complexity index is 816. The molecule has 0 aromatic carbocycles. The second-order valence-electron chi connectivity index (χ2n) is 7.74. The lowest BCUT2D eigenvalue weighted by Crippen LogP contribution is -2.53. The first kappa shape index (κ1) is 18.3. The van der Waals surface area contributed by atoms with E-state index in [0.717, 1.165) is 31.2 Å². The summed E-state index contributed by atoms with van der Waals surface area (Å²) in [5.74, 6) is 0.848. The molecule has 2 fully saturated rings. The highest BCUT2D eigenvalue weighted by molar-refractivity contribution is 7.18. The van der Waals surface area contributed by atoms with Crippen LogP contribution in [0, 0.1) is 18.8 Å². The van der Waals surface area contributed by atoms with Gasteiger partial charge in [-0.15, -0.1) is 11.3 Å². The highest BCUT2D eigenvalue weighted by atomic mass is 32.1. The number of amides is 2. The molecule has 0 spiro atoms. The van der Waals surface area contributed by atoms with Crippen LogP contribution in [-0.2, 0) is 0 Å². The molecule has 2 saturated carbocycles. The number of hydrogen-bond acceptors (Lipinski definition) is 5. The van der Waals surface area contributed by atoms with Gasteiger partial charge in [-0.2, -0.15) is 0 Å². The van der Waals surface area contributed by atoms with Gasteiger partial charge in [-0.1, -0.05) is 6.42 Å². The smallest absolute Gasteiger partial charge is 0.291 e. The van der Waals surface area contributed by atoms with Crippen LogP contribution in [0.2, 0.25) is 0 Å². The van der Waals surface area contributed by atoms with Crippen molar-refractivity contribution in [1.29, 1.82) is 0 Å². The van der Waals surface area contributed by atoms with Crippen molar-refractivity contribution in [2.75, 3.05) is 5.32 Å². The molecular weight excluding hydrogens is 362 g/mol. The Morgan fingerprint density at radius 2 is 1.96 bits per heavy atom. The van der Waals surface area contributed by atoms with Crippen LogP contribution in [0.5, 0.6) is 0 Å². The van der Waals surface area contributed by atoms with E-state index >= 15 is 0 Å². The summed E-state index contributed by atoms with van der Waals surface area (Å²) < 4.78 is 5.11. The summed E-state index contributed by atoms with van der Waals surface area (Å²) in [7, 11) is 0. The zero-order chi connectivity index (χ0) is 19.0. The summed E-state index contributed by atoms with van der Waals surface area (Å²) in [4.78, 5) is 25.7. The van der Waals surface area contributed by atoms with E-state index in [1.807, 2.05) is 13.0 Å². The molecule has 2 aromatic rings. The van der Waals surface area contributed by atoms with Crippen molar-refractivity contribution >= 4 is 28.2 Å². The molecule has 2 amide bonds. The van der Waals surface area contributed by atoms with Gasteiger partial charge >= 0.3 is 0 Å². The molecule has 0 radical (unpaired) electrons. The summed E-state index contributed by atoms with van der Waals surface area (Å²) in [6.45, 7) is 1.89. The summed E-state index contributed by atoms with van der Waals surface area (Å²) in [5, 5.41) is 6.72. The summed E-state index contributed by atoms with van der Waals surface area (Å²) in [6.07, 6.45) is 6.96. The normalized spacial score (nSPS) is 27.2. The van der Waals surface area contributed by atoms with Crippen LogP contribution >= 0.6 is 11.3 Å². The molecule has 6 nitrogen and oxygen atoms in total. The van der Waals surface area contributed by atoms with Crippen LogP contribution < -0.4 is 16.4 Å². The lowest BCUT2D eigenvalue weighted by molar-refractivity contribution is 0.0759. The number of nitrogens with two attached hydrogens (primary N) is 1. The number of aryl methyl sites for hydroxylation is 1. The minimum Gasteiger partial charge on any atom is -0.459 e. The fraction of sp³-hybridized carbons (Fsp3) is 0.500. The third kappa shape index (κ3) is 3.80. The third-order valence-corrected chi connectivity index (χ3v) is 6.93. The SMILES string of the molecule is Cc1cc(NC(=O)c2ccco2)sc1C(=O)NC1C2CCCC1CC(N)C2. The number of rotatable bonds is 4. The monoisotopic (exact) mass is 387 g/mol. The van der Waals surface area contributed by atoms with Crippen molar-refractivity contribution in [3.63, 3.8) is 0 Å². The Kier molecular flexibility index (Phi) is 5.06. The fourth-order valence-electron chi connectivity index (χ4n) is 4.59. The number of anilines is 1. The molecule has 2 aliphatic rings. The van der Waals surface area contributed by atoms with Crippen LogP contribution in [0.3, 0.4) is 0 Å². The first-order valence-electron chi connectivity index (χ1n) is 9.53. The Morgan fingerprint density at radius 3 is 2.63 bits per heavy atom. The highest BCUT2D eigenvalue weighted by Gasteiger charge is 2.40. The lowest BCUT2D eigenvalue weighted by Gasteiger charge is -2.45. The maximum Gasteiger partial charge on any atom is 0.291 e. The van der Waals surface area contributed by atoms with E-state index in [9.17, 15) is 9.59 Å². The average Bonchev–Trinajstić information content (AvgIpc) is 3.25. The number of thiophene rings is 1. The maximum absolute atomic E-state index is 12.9. The van der Waals surface area contributed by atoms with E-state index in [1.54, 1.807) is 12.1 Å². The van der Waals surface area contributed by atoms with Crippen molar-refractivity contribution in [3.05, 3.63) is 40.7 Å². The summed E-state index contributed by atoms with van der Waals surface area (Å²) in [6, 6.07) is 5.59. The minimum absolute atomic E-state index is 0.0478. The molecular formula is C20H25N3O3S. The number of fused-ring (bicyclic) bond motifs is 2. The predicted octanol–water partition coefficient (Wildman–Crippen LogP) is 3.54. The van der Waals surface area contributed by atoms with Gasteiger partial charge in [0.25, 0.3) is 11.8 Å². The number of carbonyl (C=O) groups excluding carboxylic acids is 2. The lowest BCUT2D eigenvalue weighted by atomic mass is 9.67. The maximum atomic E-state index is 12.9. The molecule has 144 valence electrons. The van der Waals surface area contributed by atoms with Crippen LogP contribution in [0.1, 0.15) is 57.9 Å². The van der Waals surface area contributed by atoms with Gasteiger partial charge in [-0.3, -0.25) is 9.59 Å². The Labute approximate surface area is 162 Å². The summed E-state index contributed by atoms with van der Waals surface area (Å²) in [5.41, 5.74) is 7.05. The molecule has 2 atom stereocenters. The number of nitrogens with one attached hydrogen (secondary N) is 2. The largest absolute Gasteiger partial charge is 0.459 e. The molecule has 2 aliphatic carbocycles. The van der Waals surface area contributed by atoms with Gasteiger partial charge in [-0.05, 0) is 68.2 Å².